The van der Waals surface area contributed by atoms with Gasteiger partial charge in [0.2, 0.25) is 11.8 Å². The van der Waals surface area contributed by atoms with Crippen LogP contribution in [-0.4, -0.2) is 39.0 Å². The smallest absolute Gasteiger partial charge is 0.232 e. The maximum Gasteiger partial charge on any atom is 0.232 e. The largest absolute Gasteiger partial charge is 0.341 e. The Bertz CT molecular complexity index is 1010. The number of hydrogen-bond acceptors (Lipinski definition) is 5. The van der Waals surface area contributed by atoms with E-state index in [0.29, 0.717) is 31.3 Å². The van der Waals surface area contributed by atoms with Crippen LogP contribution in [0.15, 0.2) is 59.4 Å². The van der Waals surface area contributed by atoms with Gasteiger partial charge in [0.1, 0.15) is 0 Å². The van der Waals surface area contributed by atoms with Crippen LogP contribution in [0.25, 0.3) is 0 Å². The van der Waals surface area contributed by atoms with Gasteiger partial charge in [-0.2, -0.15) is 4.98 Å². The monoisotopic (exact) mass is 430 g/mol. The lowest BCUT2D eigenvalue weighted by Gasteiger charge is -2.16. The summed E-state index contributed by atoms with van der Waals surface area (Å²) in [6.45, 7) is 1.29. The van der Waals surface area contributed by atoms with E-state index in [1.165, 1.54) is 18.4 Å². The Balaban J connectivity index is 1.29. The van der Waals surface area contributed by atoms with Gasteiger partial charge < -0.3 is 9.42 Å². The van der Waals surface area contributed by atoms with E-state index in [2.05, 4.69) is 28.3 Å². The summed E-state index contributed by atoms with van der Waals surface area (Å²) in [5.41, 5.74) is 2.40. The van der Waals surface area contributed by atoms with Crippen molar-refractivity contribution in [3.63, 3.8) is 0 Å². The summed E-state index contributed by atoms with van der Waals surface area (Å²) >= 11 is 0. The molecule has 6 heteroatoms. The van der Waals surface area contributed by atoms with Gasteiger partial charge in [-0.15, -0.1) is 0 Å². The number of benzene rings is 1. The van der Waals surface area contributed by atoms with Gasteiger partial charge in [0.15, 0.2) is 5.82 Å². The van der Waals surface area contributed by atoms with Gasteiger partial charge in [0, 0.05) is 43.7 Å². The third-order valence-electron chi connectivity index (χ3n) is 6.98. The minimum atomic E-state index is 0.0138. The zero-order valence-electron chi connectivity index (χ0n) is 18.4. The number of aryl methyl sites for hydroxylation is 1. The molecule has 2 aliphatic rings. The molecule has 0 N–H and O–H groups in total. The standard InChI is InChI=1S/C26H30N4O2/c31-24(14-6-10-19-8-2-1-3-9-19)30-17-22(21-13-7-15-27-16-21)23(18-30)26-28-25(29-32-26)20-11-4-5-12-20/h1-3,7-9,13,15-16,20,22-23H,4-6,10-12,14,17-18H2/t22-,23+/m0/s1. The van der Waals surface area contributed by atoms with Crippen molar-refractivity contribution in [3.8, 4) is 0 Å². The molecule has 3 heterocycles. The van der Waals surface area contributed by atoms with Gasteiger partial charge in [0.05, 0.1) is 5.92 Å². The maximum absolute atomic E-state index is 13.0. The summed E-state index contributed by atoms with van der Waals surface area (Å²) in [6, 6.07) is 14.4. The van der Waals surface area contributed by atoms with Crippen molar-refractivity contribution in [2.75, 3.05) is 13.1 Å². The van der Waals surface area contributed by atoms with Crippen molar-refractivity contribution >= 4 is 5.91 Å². The topological polar surface area (TPSA) is 72.1 Å². The molecule has 6 nitrogen and oxygen atoms in total. The SMILES string of the molecule is O=C(CCCc1ccccc1)N1C[C@@H](c2cccnc2)[C@H](c2nc(C3CCCC3)no2)C1. The molecule has 1 aliphatic carbocycles. The van der Waals surface area contributed by atoms with E-state index in [9.17, 15) is 4.79 Å². The first-order valence-electron chi connectivity index (χ1n) is 11.8. The second-order valence-electron chi connectivity index (χ2n) is 9.11. The minimum Gasteiger partial charge on any atom is -0.341 e. The number of amides is 1. The van der Waals surface area contributed by atoms with Crippen molar-refractivity contribution in [1.82, 2.24) is 20.0 Å². The first-order chi connectivity index (χ1) is 15.8. The first-order valence-corrected chi connectivity index (χ1v) is 11.8. The summed E-state index contributed by atoms with van der Waals surface area (Å²) < 4.78 is 5.76. The van der Waals surface area contributed by atoms with Crippen LogP contribution < -0.4 is 0 Å². The van der Waals surface area contributed by atoms with Crippen LogP contribution in [0.4, 0.5) is 0 Å². The Kier molecular flexibility index (Phi) is 6.28. The molecule has 2 fully saturated rings. The van der Waals surface area contributed by atoms with E-state index in [-0.39, 0.29) is 17.7 Å². The molecule has 32 heavy (non-hydrogen) atoms. The van der Waals surface area contributed by atoms with Gasteiger partial charge in [0.25, 0.3) is 0 Å². The summed E-state index contributed by atoms with van der Waals surface area (Å²) in [5.74, 6) is 2.27. The van der Waals surface area contributed by atoms with Gasteiger partial charge in [-0.3, -0.25) is 9.78 Å². The number of likely N-dealkylation sites (tertiary alicyclic amines) is 1. The van der Waals surface area contributed by atoms with Crippen molar-refractivity contribution in [2.45, 2.75) is 62.7 Å². The fraction of sp³-hybridized carbons (Fsp3) is 0.462. The third-order valence-corrected chi connectivity index (χ3v) is 6.98. The highest BCUT2D eigenvalue weighted by molar-refractivity contribution is 5.76. The molecule has 1 amide bonds. The second kappa shape index (κ2) is 9.63. The summed E-state index contributed by atoms with van der Waals surface area (Å²) in [7, 11) is 0. The van der Waals surface area contributed by atoms with Crippen LogP contribution in [0.2, 0.25) is 0 Å². The number of pyridine rings is 1. The highest BCUT2D eigenvalue weighted by Crippen LogP contribution is 2.40. The molecule has 5 rings (SSSR count). The van der Waals surface area contributed by atoms with E-state index < -0.39 is 0 Å². The summed E-state index contributed by atoms with van der Waals surface area (Å²) in [5, 5.41) is 4.32. The Hall–Kier alpha value is -3.02. The predicted molar refractivity (Wildman–Crippen MR) is 121 cm³/mol. The molecule has 2 aromatic heterocycles. The Labute approximate surface area is 189 Å². The first kappa shape index (κ1) is 20.9. The van der Waals surface area contributed by atoms with E-state index >= 15 is 0 Å². The van der Waals surface area contributed by atoms with Gasteiger partial charge in [-0.1, -0.05) is 54.4 Å². The minimum absolute atomic E-state index is 0.0138. The highest BCUT2D eigenvalue weighted by Gasteiger charge is 2.40. The molecule has 1 aromatic carbocycles. The third kappa shape index (κ3) is 4.59. The van der Waals surface area contributed by atoms with Gasteiger partial charge >= 0.3 is 0 Å². The highest BCUT2D eigenvalue weighted by atomic mass is 16.5. The molecule has 166 valence electrons. The Morgan fingerprint density at radius 1 is 1.03 bits per heavy atom. The van der Waals surface area contributed by atoms with Crippen molar-refractivity contribution in [1.29, 1.82) is 0 Å². The molecule has 3 aromatic rings. The van der Waals surface area contributed by atoms with Crippen LogP contribution in [0.1, 0.15) is 79.1 Å². The zero-order valence-corrected chi connectivity index (χ0v) is 18.4. The number of carbonyl (C=O) groups is 1. The average molecular weight is 431 g/mol. The summed E-state index contributed by atoms with van der Waals surface area (Å²) in [6.07, 6.45) is 10.8. The van der Waals surface area contributed by atoms with Crippen molar-refractivity contribution in [2.24, 2.45) is 0 Å². The molecule has 1 saturated carbocycles. The fourth-order valence-corrected chi connectivity index (χ4v) is 5.18. The normalized spacial score (nSPS) is 21.3. The number of rotatable bonds is 7. The number of carbonyl (C=O) groups excluding carboxylic acids is 1. The number of hydrogen-bond donors (Lipinski definition) is 0. The van der Waals surface area contributed by atoms with E-state index in [0.717, 1.165) is 37.1 Å². The van der Waals surface area contributed by atoms with E-state index in [4.69, 9.17) is 9.51 Å². The van der Waals surface area contributed by atoms with Crippen LogP contribution in [0, 0.1) is 0 Å². The zero-order chi connectivity index (χ0) is 21.8. The second-order valence-corrected chi connectivity index (χ2v) is 9.11. The van der Waals surface area contributed by atoms with Gasteiger partial charge in [-0.05, 0) is 42.9 Å². The fourth-order valence-electron chi connectivity index (χ4n) is 5.18. The molecular weight excluding hydrogens is 400 g/mol. The van der Waals surface area contributed by atoms with Crippen LogP contribution in [-0.2, 0) is 11.2 Å². The van der Waals surface area contributed by atoms with Crippen molar-refractivity contribution in [3.05, 3.63) is 77.7 Å². The lowest BCUT2D eigenvalue weighted by Crippen LogP contribution is -2.28. The van der Waals surface area contributed by atoms with E-state index in [1.807, 2.05) is 35.4 Å². The molecular formula is C26H30N4O2. The predicted octanol–water partition coefficient (Wildman–Crippen LogP) is 4.85. The molecule has 0 radical (unpaired) electrons. The lowest BCUT2D eigenvalue weighted by atomic mass is 9.90. The lowest BCUT2D eigenvalue weighted by molar-refractivity contribution is -0.130. The maximum atomic E-state index is 13.0. The Morgan fingerprint density at radius 3 is 2.62 bits per heavy atom. The van der Waals surface area contributed by atoms with Crippen LogP contribution in [0.5, 0.6) is 0 Å². The van der Waals surface area contributed by atoms with E-state index in [1.54, 1.807) is 6.20 Å². The molecule has 2 atom stereocenters. The molecule has 1 aliphatic heterocycles. The molecule has 0 spiro atoms. The van der Waals surface area contributed by atoms with Crippen LogP contribution >= 0.6 is 0 Å². The summed E-state index contributed by atoms with van der Waals surface area (Å²) in [4.78, 5) is 24.1. The molecule has 0 unspecified atom stereocenters. The number of aromatic nitrogens is 3. The van der Waals surface area contributed by atoms with Gasteiger partial charge in [-0.25, -0.2) is 0 Å². The molecule has 0 bridgehead atoms. The molecule has 1 saturated heterocycles. The average Bonchev–Trinajstić information content (AvgIpc) is 3.60. The quantitative estimate of drug-likeness (QED) is 0.535. The van der Waals surface area contributed by atoms with Crippen LogP contribution in [0.3, 0.4) is 0 Å². The number of nitrogens with zero attached hydrogens (tertiary/aromatic N) is 4. The Morgan fingerprint density at radius 2 is 1.84 bits per heavy atom. The van der Waals surface area contributed by atoms with Crippen molar-refractivity contribution < 1.29 is 9.32 Å².